The molecule has 12 heavy (non-hydrogen) atoms. The van der Waals surface area contributed by atoms with Crippen molar-refractivity contribution in [1.29, 1.82) is 5.26 Å². The van der Waals surface area contributed by atoms with Gasteiger partial charge in [0.15, 0.2) is 0 Å². The third-order valence-electron chi connectivity index (χ3n) is 1.24. The van der Waals surface area contributed by atoms with Gasteiger partial charge in [-0.05, 0) is 51.8 Å². The Bertz CT molecular complexity index is 325. The van der Waals surface area contributed by atoms with E-state index in [0.29, 0.717) is 0 Å². The van der Waals surface area contributed by atoms with Gasteiger partial charge in [0.05, 0.1) is 0 Å². The van der Waals surface area contributed by atoms with Gasteiger partial charge >= 0.3 is 0 Å². The fourth-order valence-electron chi connectivity index (χ4n) is 0.790. The summed E-state index contributed by atoms with van der Waals surface area (Å²) in [6.07, 6.45) is 0. The number of thioether (sulfide) groups is 1. The number of nitrogens with zero attached hydrogens (tertiary/aromatic N) is 1. The Kier molecular flexibility index (Phi) is 3.63. The van der Waals surface area contributed by atoms with Crippen LogP contribution in [-0.2, 0) is 0 Å². The minimum absolute atomic E-state index is 0.728. The van der Waals surface area contributed by atoms with E-state index in [4.69, 9.17) is 11.0 Å². The van der Waals surface area contributed by atoms with E-state index >= 15 is 0 Å². The monoisotopic (exact) mass is 308 g/mol. The highest BCUT2D eigenvalue weighted by molar-refractivity contribution is 14.1. The summed E-state index contributed by atoms with van der Waals surface area (Å²) in [5.74, 6) is 0. The Labute approximate surface area is 91.2 Å². The molecule has 0 bridgehead atoms. The standard InChI is InChI=1S/C7H6IN2PS/c8-5-1-4(10)2-6(11)7(5)12-3-9/h1-2H,10-11H2. The molecule has 0 aliphatic rings. The molecule has 5 heteroatoms. The van der Waals surface area contributed by atoms with Gasteiger partial charge in [0.25, 0.3) is 0 Å². The molecule has 0 aliphatic carbocycles. The molecule has 2 N–H and O–H groups in total. The molecule has 0 aromatic heterocycles. The van der Waals surface area contributed by atoms with Crippen LogP contribution in [0.5, 0.6) is 0 Å². The molecule has 1 unspecified atom stereocenters. The average molecular weight is 308 g/mol. The van der Waals surface area contributed by atoms with Crippen molar-refractivity contribution in [3.8, 4) is 5.40 Å². The molecule has 0 heterocycles. The van der Waals surface area contributed by atoms with Gasteiger partial charge in [-0.25, -0.2) is 0 Å². The molecule has 0 amide bonds. The lowest BCUT2D eigenvalue weighted by molar-refractivity contribution is 1.46. The Balaban J connectivity index is 3.21. The maximum Gasteiger partial charge on any atom is 0.138 e. The largest absolute Gasteiger partial charge is 0.399 e. The van der Waals surface area contributed by atoms with Crippen LogP contribution in [0.15, 0.2) is 17.0 Å². The summed E-state index contributed by atoms with van der Waals surface area (Å²) < 4.78 is 1.02. The first-order valence-corrected chi connectivity index (χ1v) is 5.53. The number of nitriles is 1. The molecule has 1 aromatic carbocycles. The van der Waals surface area contributed by atoms with Crippen LogP contribution in [0.1, 0.15) is 0 Å². The third-order valence-corrected chi connectivity index (χ3v) is 3.87. The number of nitrogens with two attached hydrogens (primary N) is 1. The van der Waals surface area contributed by atoms with Crippen molar-refractivity contribution in [3.63, 3.8) is 0 Å². The molecule has 1 aromatic rings. The lowest BCUT2D eigenvalue weighted by Crippen LogP contribution is -2.00. The molecule has 1 atom stereocenters. The molecule has 0 fully saturated rings. The third kappa shape index (κ3) is 2.25. The van der Waals surface area contributed by atoms with Crippen molar-refractivity contribution >= 4 is 54.6 Å². The Morgan fingerprint density at radius 3 is 2.75 bits per heavy atom. The van der Waals surface area contributed by atoms with Crippen LogP contribution in [0.25, 0.3) is 0 Å². The zero-order valence-electron chi connectivity index (χ0n) is 6.04. The molecule has 2 nitrogen and oxygen atoms in total. The van der Waals surface area contributed by atoms with Gasteiger partial charge < -0.3 is 5.73 Å². The van der Waals surface area contributed by atoms with Crippen molar-refractivity contribution < 1.29 is 0 Å². The molecule has 0 radical (unpaired) electrons. The molecule has 62 valence electrons. The number of halogens is 1. The first-order chi connectivity index (χ1) is 5.65. The smallest absolute Gasteiger partial charge is 0.138 e. The maximum atomic E-state index is 8.51. The highest BCUT2D eigenvalue weighted by Gasteiger charge is 2.04. The van der Waals surface area contributed by atoms with Crippen molar-refractivity contribution in [2.75, 3.05) is 5.73 Å². The van der Waals surface area contributed by atoms with Crippen LogP contribution in [0.3, 0.4) is 0 Å². The molecular formula is C7H6IN2PS. The van der Waals surface area contributed by atoms with Crippen molar-refractivity contribution in [2.45, 2.75) is 4.90 Å². The number of hydrogen-bond donors (Lipinski definition) is 1. The number of thiocyanates is 1. The normalized spacial score (nSPS) is 9.42. The van der Waals surface area contributed by atoms with E-state index in [1.165, 1.54) is 0 Å². The van der Waals surface area contributed by atoms with Crippen LogP contribution in [0.4, 0.5) is 5.69 Å². The zero-order chi connectivity index (χ0) is 9.14. The second-order valence-electron chi connectivity index (χ2n) is 2.11. The lowest BCUT2D eigenvalue weighted by atomic mass is 10.3. The highest BCUT2D eigenvalue weighted by Crippen LogP contribution is 2.25. The molecule has 1 rings (SSSR count). The molecule has 0 saturated carbocycles. The summed E-state index contributed by atoms with van der Waals surface area (Å²) in [6, 6.07) is 3.69. The van der Waals surface area contributed by atoms with Crippen molar-refractivity contribution in [2.24, 2.45) is 0 Å². The zero-order valence-corrected chi connectivity index (χ0v) is 10.2. The topological polar surface area (TPSA) is 49.8 Å². The van der Waals surface area contributed by atoms with E-state index in [1.807, 2.05) is 17.5 Å². The molecule has 0 aliphatic heterocycles. The number of rotatable bonds is 1. The first kappa shape index (κ1) is 10.1. The van der Waals surface area contributed by atoms with Crippen LogP contribution >= 0.6 is 43.6 Å². The summed E-state index contributed by atoms with van der Waals surface area (Å²) in [7, 11) is 2.57. The Morgan fingerprint density at radius 2 is 2.25 bits per heavy atom. The van der Waals surface area contributed by atoms with Crippen LogP contribution < -0.4 is 11.0 Å². The van der Waals surface area contributed by atoms with Crippen molar-refractivity contribution in [1.82, 2.24) is 0 Å². The predicted molar refractivity (Wildman–Crippen MR) is 64.4 cm³/mol. The second-order valence-corrected chi connectivity index (χ2v) is 4.69. The van der Waals surface area contributed by atoms with Gasteiger partial charge in [-0.1, -0.05) is 0 Å². The van der Waals surface area contributed by atoms with E-state index in [1.54, 1.807) is 0 Å². The molecular weight excluding hydrogens is 302 g/mol. The van der Waals surface area contributed by atoms with Gasteiger partial charge in [0.1, 0.15) is 5.40 Å². The predicted octanol–water partition coefficient (Wildman–Crippen LogP) is 1.95. The van der Waals surface area contributed by atoms with Gasteiger partial charge in [-0.3, -0.25) is 0 Å². The quantitative estimate of drug-likeness (QED) is 0.284. The fourth-order valence-corrected chi connectivity index (χ4v) is 3.03. The van der Waals surface area contributed by atoms with Crippen molar-refractivity contribution in [3.05, 3.63) is 15.7 Å². The van der Waals surface area contributed by atoms with Crippen LogP contribution in [0.2, 0.25) is 0 Å². The van der Waals surface area contributed by atoms with E-state index < -0.39 is 0 Å². The summed E-state index contributed by atoms with van der Waals surface area (Å²) >= 11 is 3.33. The summed E-state index contributed by atoms with van der Waals surface area (Å²) in [6.45, 7) is 0. The van der Waals surface area contributed by atoms with E-state index in [0.717, 1.165) is 31.2 Å². The minimum Gasteiger partial charge on any atom is -0.399 e. The summed E-state index contributed by atoms with van der Waals surface area (Å²) in [4.78, 5) is 0.970. The summed E-state index contributed by atoms with van der Waals surface area (Å²) in [5.41, 5.74) is 6.34. The number of nitrogen functional groups attached to an aromatic ring is 1. The van der Waals surface area contributed by atoms with Gasteiger partial charge in [-0.2, -0.15) is 5.26 Å². The average Bonchev–Trinajstić information content (AvgIpc) is 1.96. The molecule has 0 saturated heterocycles. The molecule has 0 spiro atoms. The number of benzene rings is 1. The second kappa shape index (κ2) is 4.31. The minimum atomic E-state index is 0.728. The van der Waals surface area contributed by atoms with Gasteiger partial charge in [-0.15, -0.1) is 9.24 Å². The first-order valence-electron chi connectivity index (χ1n) is 3.05. The van der Waals surface area contributed by atoms with E-state index in [2.05, 4.69) is 31.8 Å². The number of hydrogen-bond acceptors (Lipinski definition) is 3. The van der Waals surface area contributed by atoms with E-state index in [-0.39, 0.29) is 0 Å². The number of anilines is 1. The fraction of sp³-hybridized carbons (Fsp3) is 0. The van der Waals surface area contributed by atoms with Crippen LogP contribution in [0, 0.1) is 14.2 Å². The van der Waals surface area contributed by atoms with Crippen LogP contribution in [-0.4, -0.2) is 0 Å². The van der Waals surface area contributed by atoms with Gasteiger partial charge in [0.2, 0.25) is 0 Å². The maximum absolute atomic E-state index is 8.51. The Morgan fingerprint density at radius 1 is 1.58 bits per heavy atom. The summed E-state index contributed by atoms with van der Waals surface area (Å²) in [5, 5.41) is 11.5. The SMILES string of the molecule is N#CSc1c(P)cc(N)cc1I. The van der Waals surface area contributed by atoms with E-state index in [9.17, 15) is 0 Å². The lowest BCUT2D eigenvalue weighted by Gasteiger charge is -2.04. The Hall–Kier alpha value is 0.0200. The highest BCUT2D eigenvalue weighted by atomic mass is 127. The van der Waals surface area contributed by atoms with Gasteiger partial charge in [0, 0.05) is 14.2 Å².